The SMILES string of the molecule is CC(C)Nc1cc(N2CCCc3ccccc32)nc(-c2ccccc2)n1. The van der Waals surface area contributed by atoms with Crippen LogP contribution in [-0.2, 0) is 6.42 Å². The van der Waals surface area contributed by atoms with Crippen molar-refractivity contribution in [2.45, 2.75) is 32.7 Å². The second-order valence-corrected chi connectivity index (χ2v) is 6.98. The van der Waals surface area contributed by atoms with Crippen molar-refractivity contribution in [2.75, 3.05) is 16.8 Å². The summed E-state index contributed by atoms with van der Waals surface area (Å²) in [7, 11) is 0. The van der Waals surface area contributed by atoms with Crippen molar-refractivity contribution in [1.29, 1.82) is 0 Å². The first-order valence-corrected chi connectivity index (χ1v) is 9.27. The number of hydrogen-bond donors (Lipinski definition) is 1. The molecular formula is C22H24N4. The van der Waals surface area contributed by atoms with Crippen molar-refractivity contribution in [2.24, 2.45) is 0 Å². The van der Waals surface area contributed by atoms with Crippen molar-refractivity contribution in [3.8, 4) is 11.4 Å². The van der Waals surface area contributed by atoms with Crippen LogP contribution >= 0.6 is 0 Å². The van der Waals surface area contributed by atoms with Crippen molar-refractivity contribution < 1.29 is 0 Å². The fraction of sp³-hybridized carbons (Fsp3) is 0.273. The number of aryl methyl sites for hydroxylation is 1. The summed E-state index contributed by atoms with van der Waals surface area (Å²) in [5.74, 6) is 2.58. The maximum Gasteiger partial charge on any atom is 0.163 e. The van der Waals surface area contributed by atoms with E-state index in [1.807, 2.05) is 18.2 Å². The summed E-state index contributed by atoms with van der Waals surface area (Å²) in [4.78, 5) is 12.0. The molecule has 1 aromatic heterocycles. The molecule has 0 spiro atoms. The highest BCUT2D eigenvalue weighted by atomic mass is 15.2. The van der Waals surface area contributed by atoms with Gasteiger partial charge in [0, 0.05) is 29.9 Å². The molecule has 3 aromatic rings. The van der Waals surface area contributed by atoms with Gasteiger partial charge in [0.1, 0.15) is 11.6 Å². The van der Waals surface area contributed by atoms with Gasteiger partial charge in [0.25, 0.3) is 0 Å². The Morgan fingerprint density at radius 3 is 2.54 bits per heavy atom. The molecule has 1 aliphatic heterocycles. The number of nitrogens with one attached hydrogen (secondary N) is 1. The standard InChI is InChI=1S/C22H24N4/c1-16(2)23-20-15-21(25-22(24-20)18-10-4-3-5-11-18)26-14-8-12-17-9-6-7-13-19(17)26/h3-7,9-11,13,15-16H,8,12,14H2,1-2H3,(H,23,24,25). The minimum Gasteiger partial charge on any atom is -0.368 e. The zero-order valence-electron chi connectivity index (χ0n) is 15.3. The van der Waals surface area contributed by atoms with Gasteiger partial charge in [-0.25, -0.2) is 9.97 Å². The lowest BCUT2D eigenvalue weighted by Gasteiger charge is -2.31. The van der Waals surface area contributed by atoms with E-state index < -0.39 is 0 Å². The van der Waals surface area contributed by atoms with Crippen LogP contribution in [0.3, 0.4) is 0 Å². The molecule has 2 heterocycles. The summed E-state index contributed by atoms with van der Waals surface area (Å²) in [5.41, 5.74) is 3.68. The molecule has 26 heavy (non-hydrogen) atoms. The topological polar surface area (TPSA) is 41.0 Å². The number of benzene rings is 2. The molecule has 2 aromatic carbocycles. The van der Waals surface area contributed by atoms with Crippen LogP contribution in [0.15, 0.2) is 60.7 Å². The van der Waals surface area contributed by atoms with Gasteiger partial charge in [0.05, 0.1) is 0 Å². The van der Waals surface area contributed by atoms with Crippen molar-refractivity contribution in [1.82, 2.24) is 9.97 Å². The molecule has 4 rings (SSSR count). The van der Waals surface area contributed by atoms with Gasteiger partial charge in [0.2, 0.25) is 0 Å². The van der Waals surface area contributed by atoms with Crippen LogP contribution in [0.2, 0.25) is 0 Å². The smallest absolute Gasteiger partial charge is 0.163 e. The summed E-state index contributed by atoms with van der Waals surface area (Å²) >= 11 is 0. The molecule has 4 nitrogen and oxygen atoms in total. The van der Waals surface area contributed by atoms with Gasteiger partial charge in [-0.05, 0) is 38.3 Å². The maximum absolute atomic E-state index is 4.91. The summed E-state index contributed by atoms with van der Waals surface area (Å²) in [5, 5.41) is 3.44. The second kappa shape index (κ2) is 7.16. The maximum atomic E-state index is 4.91. The lowest BCUT2D eigenvalue weighted by molar-refractivity contribution is 0.758. The van der Waals surface area contributed by atoms with E-state index in [1.54, 1.807) is 0 Å². The summed E-state index contributed by atoms with van der Waals surface area (Å²) in [6.07, 6.45) is 2.26. The second-order valence-electron chi connectivity index (χ2n) is 6.98. The molecular weight excluding hydrogens is 320 g/mol. The Morgan fingerprint density at radius 1 is 0.962 bits per heavy atom. The van der Waals surface area contributed by atoms with E-state index in [0.29, 0.717) is 6.04 Å². The summed E-state index contributed by atoms with van der Waals surface area (Å²) in [6.45, 7) is 5.23. The van der Waals surface area contributed by atoms with Gasteiger partial charge in [-0.15, -0.1) is 0 Å². The molecule has 1 N–H and O–H groups in total. The average molecular weight is 344 g/mol. The Morgan fingerprint density at radius 2 is 1.73 bits per heavy atom. The predicted octanol–water partition coefficient (Wildman–Crippen LogP) is 5.05. The Balaban J connectivity index is 1.81. The lowest BCUT2D eigenvalue weighted by atomic mass is 10.0. The van der Waals surface area contributed by atoms with Crippen molar-refractivity contribution in [3.05, 3.63) is 66.2 Å². The van der Waals surface area contributed by atoms with Crippen molar-refractivity contribution in [3.63, 3.8) is 0 Å². The first kappa shape index (κ1) is 16.6. The lowest BCUT2D eigenvalue weighted by Crippen LogP contribution is -2.26. The fourth-order valence-corrected chi connectivity index (χ4v) is 3.43. The highest BCUT2D eigenvalue weighted by Crippen LogP contribution is 2.34. The van der Waals surface area contributed by atoms with Crippen LogP contribution in [-0.4, -0.2) is 22.6 Å². The zero-order valence-corrected chi connectivity index (χ0v) is 15.3. The van der Waals surface area contributed by atoms with Gasteiger partial charge < -0.3 is 10.2 Å². The van der Waals surface area contributed by atoms with E-state index in [-0.39, 0.29) is 0 Å². The molecule has 0 saturated carbocycles. The van der Waals surface area contributed by atoms with Gasteiger partial charge >= 0.3 is 0 Å². The monoisotopic (exact) mass is 344 g/mol. The molecule has 0 radical (unpaired) electrons. The molecule has 0 unspecified atom stereocenters. The van der Waals surface area contributed by atoms with Gasteiger partial charge in [-0.3, -0.25) is 0 Å². The highest BCUT2D eigenvalue weighted by Gasteiger charge is 2.20. The number of fused-ring (bicyclic) bond motifs is 1. The first-order valence-electron chi connectivity index (χ1n) is 9.27. The minimum absolute atomic E-state index is 0.315. The molecule has 4 heteroatoms. The first-order chi connectivity index (χ1) is 12.7. The van der Waals surface area contributed by atoms with Crippen LogP contribution in [0.4, 0.5) is 17.3 Å². The highest BCUT2D eigenvalue weighted by molar-refractivity contribution is 5.69. The predicted molar refractivity (Wildman–Crippen MR) is 108 cm³/mol. The largest absolute Gasteiger partial charge is 0.368 e. The van der Waals surface area contributed by atoms with Gasteiger partial charge in [-0.1, -0.05) is 48.5 Å². The summed E-state index contributed by atoms with van der Waals surface area (Å²) < 4.78 is 0. The van der Waals surface area contributed by atoms with Crippen molar-refractivity contribution >= 4 is 17.3 Å². The van der Waals surface area contributed by atoms with E-state index in [9.17, 15) is 0 Å². The van der Waals surface area contributed by atoms with Crippen LogP contribution in [0.1, 0.15) is 25.8 Å². The number of para-hydroxylation sites is 1. The molecule has 0 saturated heterocycles. The quantitative estimate of drug-likeness (QED) is 0.719. The third-order valence-electron chi connectivity index (χ3n) is 4.57. The van der Waals surface area contributed by atoms with E-state index in [4.69, 9.17) is 9.97 Å². The number of hydrogen-bond acceptors (Lipinski definition) is 4. The van der Waals surface area contributed by atoms with Crippen LogP contribution in [0.5, 0.6) is 0 Å². The third kappa shape index (κ3) is 3.40. The normalized spacial score (nSPS) is 13.6. The van der Waals surface area contributed by atoms with E-state index in [2.05, 4.69) is 66.5 Å². The number of nitrogens with zero attached hydrogens (tertiary/aromatic N) is 3. The minimum atomic E-state index is 0.315. The summed E-state index contributed by atoms with van der Waals surface area (Å²) in [6, 6.07) is 21.2. The zero-order chi connectivity index (χ0) is 17.9. The fourth-order valence-electron chi connectivity index (χ4n) is 3.43. The molecule has 1 aliphatic rings. The molecule has 0 bridgehead atoms. The average Bonchev–Trinajstić information content (AvgIpc) is 2.67. The Labute approximate surface area is 154 Å². The Bertz CT molecular complexity index is 890. The molecule has 0 atom stereocenters. The van der Waals surface area contributed by atoms with Crippen LogP contribution in [0.25, 0.3) is 11.4 Å². The van der Waals surface area contributed by atoms with E-state index in [1.165, 1.54) is 11.3 Å². The van der Waals surface area contributed by atoms with Gasteiger partial charge in [-0.2, -0.15) is 0 Å². The molecule has 0 amide bonds. The molecule has 132 valence electrons. The Kier molecular flexibility index (Phi) is 4.57. The molecule has 0 fully saturated rings. The Hall–Kier alpha value is -2.88. The number of rotatable bonds is 4. The number of anilines is 3. The molecule has 0 aliphatic carbocycles. The van der Waals surface area contributed by atoms with E-state index in [0.717, 1.165) is 42.4 Å². The van der Waals surface area contributed by atoms with Crippen LogP contribution < -0.4 is 10.2 Å². The number of aromatic nitrogens is 2. The van der Waals surface area contributed by atoms with Crippen LogP contribution in [0, 0.1) is 0 Å². The van der Waals surface area contributed by atoms with Gasteiger partial charge in [0.15, 0.2) is 5.82 Å². The third-order valence-corrected chi connectivity index (χ3v) is 4.57. The van der Waals surface area contributed by atoms with E-state index >= 15 is 0 Å².